The summed E-state index contributed by atoms with van der Waals surface area (Å²) in [4.78, 5) is 14.6. The zero-order valence-corrected chi connectivity index (χ0v) is 7.96. The smallest absolute Gasteiger partial charge is 0.250 e. The van der Waals surface area contributed by atoms with Crippen molar-refractivity contribution in [1.82, 2.24) is 4.98 Å². The second-order valence-corrected chi connectivity index (χ2v) is 2.83. The van der Waals surface area contributed by atoms with Crippen LogP contribution in [0.25, 0.3) is 0 Å². The Hall–Kier alpha value is -1.10. The van der Waals surface area contributed by atoms with Crippen molar-refractivity contribution in [3.05, 3.63) is 22.4 Å². The normalized spacial score (nSPS) is 9.50. The van der Waals surface area contributed by atoms with Crippen molar-refractivity contribution in [2.24, 2.45) is 5.73 Å². The van der Waals surface area contributed by atoms with Crippen molar-refractivity contribution in [2.45, 2.75) is 0 Å². The van der Waals surface area contributed by atoms with E-state index < -0.39 is 5.91 Å². The predicted octanol–water partition coefficient (Wildman–Crippen LogP) is 0.952. The van der Waals surface area contributed by atoms with Crippen LogP contribution in [0.1, 0.15) is 10.4 Å². The van der Waals surface area contributed by atoms with Gasteiger partial charge in [-0.05, 0) is 22.0 Å². The number of hydrogen-bond donors (Lipinski definition) is 1. The van der Waals surface area contributed by atoms with Gasteiger partial charge in [0.1, 0.15) is 4.60 Å². The molecule has 2 N–H and O–H groups in total. The van der Waals surface area contributed by atoms with E-state index in [1.165, 1.54) is 19.4 Å². The highest BCUT2D eigenvalue weighted by atomic mass is 79.9. The molecule has 0 fully saturated rings. The molecule has 0 aromatic carbocycles. The second kappa shape index (κ2) is 3.53. The number of nitrogens with two attached hydrogens (primary N) is 1. The van der Waals surface area contributed by atoms with Crippen LogP contribution in [0.5, 0.6) is 5.75 Å². The average molecular weight is 231 g/mol. The van der Waals surface area contributed by atoms with Crippen LogP contribution in [0.15, 0.2) is 16.9 Å². The maximum atomic E-state index is 10.7. The number of carbonyl (C=O) groups is 1. The molecular weight excluding hydrogens is 224 g/mol. The van der Waals surface area contributed by atoms with Crippen molar-refractivity contribution in [3.63, 3.8) is 0 Å². The number of methoxy groups -OCH3 is 1. The number of primary amides is 1. The molecule has 1 aromatic rings. The van der Waals surface area contributed by atoms with E-state index in [1.807, 2.05) is 0 Å². The molecule has 1 amide bonds. The van der Waals surface area contributed by atoms with Crippen LogP contribution >= 0.6 is 15.9 Å². The number of aromatic nitrogens is 1. The molecule has 0 aliphatic heterocycles. The van der Waals surface area contributed by atoms with E-state index in [2.05, 4.69) is 20.9 Å². The first-order valence-electron chi connectivity index (χ1n) is 3.14. The quantitative estimate of drug-likeness (QED) is 0.770. The summed E-state index contributed by atoms with van der Waals surface area (Å²) in [6, 6.07) is 1.53. The van der Waals surface area contributed by atoms with E-state index in [0.717, 1.165) is 0 Å². The van der Waals surface area contributed by atoms with Gasteiger partial charge in [0.2, 0.25) is 5.91 Å². The summed E-state index contributed by atoms with van der Waals surface area (Å²) in [5.74, 6) is -0.0281. The van der Waals surface area contributed by atoms with Crippen molar-refractivity contribution in [2.75, 3.05) is 7.11 Å². The van der Waals surface area contributed by atoms with Crippen molar-refractivity contribution in [1.29, 1.82) is 0 Å². The lowest BCUT2D eigenvalue weighted by Crippen LogP contribution is -2.11. The van der Waals surface area contributed by atoms with Crippen LogP contribution in [0, 0.1) is 0 Å². The maximum absolute atomic E-state index is 10.7. The first-order valence-corrected chi connectivity index (χ1v) is 3.93. The lowest BCUT2D eigenvalue weighted by atomic mass is 10.3. The highest BCUT2D eigenvalue weighted by Gasteiger charge is 2.06. The summed E-state index contributed by atoms with van der Waals surface area (Å²) in [6.45, 7) is 0. The number of pyridine rings is 1. The molecule has 1 heterocycles. The molecule has 0 saturated carbocycles. The van der Waals surface area contributed by atoms with Gasteiger partial charge in [-0.25, -0.2) is 4.98 Å². The van der Waals surface area contributed by atoms with Gasteiger partial charge >= 0.3 is 0 Å². The zero-order valence-electron chi connectivity index (χ0n) is 6.37. The first kappa shape index (κ1) is 8.99. The molecule has 1 aromatic heterocycles. The monoisotopic (exact) mass is 230 g/mol. The lowest BCUT2D eigenvalue weighted by Gasteiger charge is -2.02. The summed E-state index contributed by atoms with van der Waals surface area (Å²) in [5.41, 5.74) is 5.37. The number of amides is 1. The van der Waals surface area contributed by atoms with Crippen LogP contribution < -0.4 is 10.5 Å². The summed E-state index contributed by atoms with van der Waals surface area (Å²) in [5, 5.41) is 0. The van der Waals surface area contributed by atoms with Crippen molar-refractivity contribution < 1.29 is 9.53 Å². The molecule has 0 aliphatic carbocycles. The van der Waals surface area contributed by atoms with E-state index >= 15 is 0 Å². The third kappa shape index (κ3) is 1.73. The van der Waals surface area contributed by atoms with Gasteiger partial charge in [0, 0.05) is 6.20 Å². The molecule has 0 aliphatic rings. The second-order valence-electron chi connectivity index (χ2n) is 2.08. The predicted molar refractivity (Wildman–Crippen MR) is 47.0 cm³/mol. The molecule has 4 nitrogen and oxygen atoms in total. The van der Waals surface area contributed by atoms with Crippen LogP contribution in [0.4, 0.5) is 0 Å². The van der Waals surface area contributed by atoms with Crippen LogP contribution in [-0.4, -0.2) is 18.0 Å². The number of ether oxygens (including phenoxy) is 1. The van der Waals surface area contributed by atoms with Gasteiger partial charge < -0.3 is 10.5 Å². The van der Waals surface area contributed by atoms with Crippen LogP contribution in [-0.2, 0) is 0 Å². The standard InChI is InChI=1S/C7H7BrN2O2/c1-12-5-2-4(7(9)11)3-10-6(5)8/h2-3H,1H3,(H2,9,11). The minimum atomic E-state index is -0.520. The summed E-state index contributed by atoms with van der Waals surface area (Å²) >= 11 is 3.15. The fourth-order valence-corrected chi connectivity index (χ4v) is 1.08. The average Bonchev–Trinajstić information content (AvgIpc) is 2.05. The molecule has 0 unspecified atom stereocenters. The molecule has 12 heavy (non-hydrogen) atoms. The minimum Gasteiger partial charge on any atom is -0.494 e. The van der Waals surface area contributed by atoms with Gasteiger partial charge in [-0.1, -0.05) is 0 Å². The van der Waals surface area contributed by atoms with E-state index in [4.69, 9.17) is 10.5 Å². The van der Waals surface area contributed by atoms with Gasteiger partial charge in [0.15, 0.2) is 5.75 Å². The summed E-state index contributed by atoms with van der Waals surface area (Å²) in [6.07, 6.45) is 1.38. The fourth-order valence-electron chi connectivity index (χ4n) is 0.706. The number of carbonyl (C=O) groups excluding carboxylic acids is 1. The molecular formula is C7H7BrN2O2. The van der Waals surface area contributed by atoms with Gasteiger partial charge in [0.25, 0.3) is 0 Å². The molecule has 0 saturated heterocycles. The maximum Gasteiger partial charge on any atom is 0.250 e. The Morgan fingerprint density at radius 1 is 1.75 bits per heavy atom. The van der Waals surface area contributed by atoms with Gasteiger partial charge in [-0.2, -0.15) is 0 Å². The fraction of sp³-hybridized carbons (Fsp3) is 0.143. The Morgan fingerprint density at radius 3 is 2.92 bits per heavy atom. The van der Waals surface area contributed by atoms with E-state index in [-0.39, 0.29) is 0 Å². The zero-order chi connectivity index (χ0) is 9.14. The van der Waals surface area contributed by atoms with E-state index in [1.54, 1.807) is 0 Å². The highest BCUT2D eigenvalue weighted by Crippen LogP contribution is 2.22. The van der Waals surface area contributed by atoms with Gasteiger partial charge in [0.05, 0.1) is 12.7 Å². The first-order chi connectivity index (χ1) is 5.65. The molecule has 0 atom stereocenters. The van der Waals surface area contributed by atoms with Crippen molar-refractivity contribution >= 4 is 21.8 Å². The summed E-state index contributed by atoms with van der Waals surface area (Å²) in [7, 11) is 1.49. The van der Waals surface area contributed by atoms with E-state index in [0.29, 0.717) is 15.9 Å². The molecule has 0 spiro atoms. The number of nitrogens with zero attached hydrogens (tertiary/aromatic N) is 1. The largest absolute Gasteiger partial charge is 0.494 e. The summed E-state index contributed by atoms with van der Waals surface area (Å²) < 4.78 is 5.47. The number of rotatable bonds is 2. The lowest BCUT2D eigenvalue weighted by molar-refractivity contribution is 0.0999. The number of halogens is 1. The Balaban J connectivity index is 3.13. The molecule has 0 bridgehead atoms. The molecule has 0 radical (unpaired) electrons. The third-order valence-electron chi connectivity index (χ3n) is 1.31. The van der Waals surface area contributed by atoms with Crippen molar-refractivity contribution in [3.8, 4) is 5.75 Å². The Bertz CT molecular complexity index is 314. The topological polar surface area (TPSA) is 65.2 Å². The van der Waals surface area contributed by atoms with Crippen LogP contribution in [0.3, 0.4) is 0 Å². The van der Waals surface area contributed by atoms with E-state index in [9.17, 15) is 4.79 Å². The van der Waals surface area contributed by atoms with Gasteiger partial charge in [-0.3, -0.25) is 4.79 Å². The third-order valence-corrected chi connectivity index (χ3v) is 1.91. The molecule has 5 heteroatoms. The Labute approximate surface area is 77.9 Å². The molecule has 1 rings (SSSR count). The Kier molecular flexibility index (Phi) is 2.65. The minimum absolute atomic E-state index is 0.329. The SMILES string of the molecule is COc1cc(C(N)=O)cnc1Br. The molecule has 64 valence electrons. The Morgan fingerprint density at radius 2 is 2.42 bits per heavy atom. The van der Waals surface area contributed by atoms with Crippen LogP contribution in [0.2, 0.25) is 0 Å². The number of hydrogen-bond acceptors (Lipinski definition) is 3. The van der Waals surface area contributed by atoms with Gasteiger partial charge in [-0.15, -0.1) is 0 Å². The highest BCUT2D eigenvalue weighted by molar-refractivity contribution is 9.10.